The van der Waals surface area contributed by atoms with Gasteiger partial charge in [0.2, 0.25) is 0 Å². The molecule has 0 radical (unpaired) electrons. The molecule has 0 amide bonds. The van der Waals surface area contributed by atoms with Gasteiger partial charge in [0.05, 0.1) is 7.11 Å². The van der Waals surface area contributed by atoms with E-state index in [0.717, 1.165) is 23.3 Å². The Morgan fingerprint density at radius 3 is 2.47 bits per heavy atom. The SMILES string of the molecule is COc1cc2c(cc1OC)[C@@H]1C(=O)c3ccc4c(c3O[C@@H]1CO2)CC([Se]c1ccccc1)C(C)(C)O4. The average Bonchev–Trinajstić information content (AvgIpc) is 2.88. The maximum atomic E-state index is 13.9. The Kier molecular flexibility index (Phi) is 5.65. The summed E-state index contributed by atoms with van der Waals surface area (Å²) in [6.07, 6.45) is 0.378. The Morgan fingerprint density at radius 1 is 0.972 bits per heavy atom. The van der Waals surface area contributed by atoms with Crippen LogP contribution in [0.5, 0.6) is 28.7 Å². The fraction of sp³-hybridized carbons (Fsp3) is 0.345. The fourth-order valence-electron chi connectivity index (χ4n) is 5.30. The molecular formula is C29H28O6Se. The first-order valence-electron chi connectivity index (χ1n) is 12.1. The van der Waals surface area contributed by atoms with E-state index in [1.165, 1.54) is 4.46 Å². The van der Waals surface area contributed by atoms with Gasteiger partial charge in [0.25, 0.3) is 0 Å². The standard InChI is InChI=1S/C29H28O6Se/c1-29(2)25(36-16-8-6-5-7-9-16)13-19-20(35-29)11-10-17-27(30)26-18-12-22(31-3)23(32-4)14-21(18)33-15-24(26)34-28(17)19/h5-12,14,24-26H,13,15H2,1-4H3/t24-,25?,26+/m1/s1. The van der Waals surface area contributed by atoms with E-state index in [2.05, 4.69) is 38.1 Å². The number of hydrogen-bond donors (Lipinski definition) is 0. The van der Waals surface area contributed by atoms with Gasteiger partial charge in [-0.2, -0.15) is 0 Å². The average molecular weight is 551 g/mol. The van der Waals surface area contributed by atoms with Crippen LogP contribution < -0.4 is 28.1 Å². The van der Waals surface area contributed by atoms with E-state index in [1.54, 1.807) is 20.3 Å². The van der Waals surface area contributed by atoms with Crippen molar-refractivity contribution in [1.29, 1.82) is 0 Å². The van der Waals surface area contributed by atoms with E-state index in [4.69, 9.17) is 23.7 Å². The Labute approximate surface area is 217 Å². The number of ketones is 1. The topological polar surface area (TPSA) is 63.2 Å². The van der Waals surface area contributed by atoms with Crippen LogP contribution in [-0.4, -0.2) is 53.3 Å². The molecule has 1 unspecified atom stereocenters. The van der Waals surface area contributed by atoms with Crippen LogP contribution in [0.25, 0.3) is 0 Å². The van der Waals surface area contributed by atoms with Gasteiger partial charge in [-0.15, -0.1) is 0 Å². The van der Waals surface area contributed by atoms with E-state index >= 15 is 0 Å². The van der Waals surface area contributed by atoms with E-state index < -0.39 is 12.0 Å². The molecule has 0 fully saturated rings. The molecule has 0 saturated carbocycles. The summed E-state index contributed by atoms with van der Waals surface area (Å²) in [6, 6.07) is 18.0. The predicted octanol–water partition coefficient (Wildman–Crippen LogP) is 4.36. The first-order valence-corrected chi connectivity index (χ1v) is 13.9. The van der Waals surface area contributed by atoms with Crippen LogP contribution >= 0.6 is 0 Å². The number of rotatable bonds is 4. The summed E-state index contributed by atoms with van der Waals surface area (Å²) in [5, 5.41) is 0. The Morgan fingerprint density at radius 2 is 1.72 bits per heavy atom. The molecule has 6 nitrogen and oxygen atoms in total. The second-order valence-electron chi connectivity index (χ2n) is 9.80. The molecular weight excluding hydrogens is 523 g/mol. The monoisotopic (exact) mass is 552 g/mol. The van der Waals surface area contributed by atoms with Crippen LogP contribution in [0, 0.1) is 0 Å². The minimum absolute atomic E-state index is 0.0378. The number of ether oxygens (including phenoxy) is 5. The van der Waals surface area contributed by atoms with Crippen molar-refractivity contribution in [2.75, 3.05) is 20.8 Å². The molecule has 3 aromatic rings. The third-order valence-electron chi connectivity index (χ3n) is 7.22. The molecule has 3 atom stereocenters. The zero-order valence-electron chi connectivity index (χ0n) is 20.7. The molecule has 0 bridgehead atoms. The van der Waals surface area contributed by atoms with Gasteiger partial charge in [0.15, 0.2) is 0 Å². The number of methoxy groups -OCH3 is 2. The molecule has 6 rings (SSSR count). The fourth-order valence-corrected chi connectivity index (χ4v) is 7.87. The van der Waals surface area contributed by atoms with E-state index in [0.29, 0.717) is 33.4 Å². The van der Waals surface area contributed by atoms with Gasteiger partial charge in [0.1, 0.15) is 0 Å². The number of fused-ring (bicyclic) bond motifs is 6. The summed E-state index contributed by atoms with van der Waals surface area (Å²) in [7, 11) is 3.17. The van der Waals surface area contributed by atoms with Crippen molar-refractivity contribution in [2.24, 2.45) is 0 Å². The number of hydrogen-bond acceptors (Lipinski definition) is 6. The molecule has 3 heterocycles. The summed E-state index contributed by atoms with van der Waals surface area (Å²) < 4.78 is 31.4. The number of Topliss-reactive ketones (excluding diaryl/α,β-unsaturated/α-hetero) is 1. The summed E-state index contributed by atoms with van der Waals surface area (Å²) >= 11 is 0.203. The van der Waals surface area contributed by atoms with Crippen LogP contribution in [0.2, 0.25) is 4.82 Å². The second kappa shape index (κ2) is 8.75. The van der Waals surface area contributed by atoms with Gasteiger partial charge >= 0.3 is 210 Å². The first-order chi connectivity index (χ1) is 17.4. The van der Waals surface area contributed by atoms with Crippen molar-refractivity contribution in [1.82, 2.24) is 0 Å². The van der Waals surface area contributed by atoms with Crippen LogP contribution in [0.1, 0.15) is 41.3 Å². The van der Waals surface area contributed by atoms with Gasteiger partial charge in [0, 0.05) is 0 Å². The Balaban J connectivity index is 1.38. The maximum absolute atomic E-state index is 13.9. The summed E-state index contributed by atoms with van der Waals surface area (Å²) in [4.78, 5) is 14.2. The summed E-state index contributed by atoms with van der Waals surface area (Å²) in [5.74, 6) is 2.78. The molecule has 3 aliphatic rings. The van der Waals surface area contributed by atoms with E-state index in [9.17, 15) is 4.79 Å². The van der Waals surface area contributed by atoms with Crippen molar-refractivity contribution in [3.63, 3.8) is 0 Å². The van der Waals surface area contributed by atoms with E-state index in [-0.39, 0.29) is 32.9 Å². The van der Waals surface area contributed by atoms with Crippen molar-refractivity contribution in [2.45, 2.75) is 42.7 Å². The number of carbonyl (C=O) groups excluding carboxylic acids is 1. The quantitative estimate of drug-likeness (QED) is 0.450. The van der Waals surface area contributed by atoms with E-state index in [1.807, 2.05) is 24.3 Å². The third kappa shape index (κ3) is 3.73. The molecule has 0 spiro atoms. The normalized spacial score (nSPS) is 23.0. The van der Waals surface area contributed by atoms with Gasteiger partial charge in [-0.3, -0.25) is 0 Å². The van der Waals surface area contributed by atoms with Crippen molar-refractivity contribution < 1.29 is 28.5 Å². The molecule has 3 aromatic carbocycles. The molecule has 3 aliphatic heterocycles. The van der Waals surface area contributed by atoms with Crippen LogP contribution in [0.3, 0.4) is 0 Å². The molecule has 186 valence electrons. The number of carbonyl (C=O) groups is 1. The van der Waals surface area contributed by atoms with Crippen molar-refractivity contribution >= 4 is 25.2 Å². The molecule has 0 saturated heterocycles. The van der Waals surface area contributed by atoms with Gasteiger partial charge in [-0.05, 0) is 0 Å². The minimum atomic E-state index is -0.468. The van der Waals surface area contributed by atoms with Crippen LogP contribution in [0.4, 0.5) is 0 Å². The predicted molar refractivity (Wildman–Crippen MR) is 137 cm³/mol. The third-order valence-corrected chi connectivity index (χ3v) is 10.5. The van der Waals surface area contributed by atoms with Crippen LogP contribution in [0.15, 0.2) is 54.6 Å². The molecule has 7 heteroatoms. The molecule has 0 aromatic heterocycles. The van der Waals surface area contributed by atoms with Crippen molar-refractivity contribution in [3.8, 4) is 28.7 Å². The Bertz CT molecular complexity index is 1340. The van der Waals surface area contributed by atoms with Crippen LogP contribution in [-0.2, 0) is 6.42 Å². The Hall–Kier alpha value is -3.15. The summed E-state index contributed by atoms with van der Waals surface area (Å²) in [6.45, 7) is 4.59. The zero-order valence-corrected chi connectivity index (χ0v) is 22.4. The molecule has 36 heavy (non-hydrogen) atoms. The molecule has 0 N–H and O–H groups in total. The van der Waals surface area contributed by atoms with Crippen molar-refractivity contribution in [3.05, 3.63) is 71.3 Å². The zero-order chi connectivity index (χ0) is 25.0. The van der Waals surface area contributed by atoms with Gasteiger partial charge in [-0.25, -0.2) is 0 Å². The van der Waals surface area contributed by atoms with Gasteiger partial charge in [-0.1, -0.05) is 0 Å². The summed E-state index contributed by atoms with van der Waals surface area (Å²) in [5.41, 5.74) is 2.03. The molecule has 0 aliphatic carbocycles. The second-order valence-corrected chi connectivity index (χ2v) is 12.5. The van der Waals surface area contributed by atoms with Gasteiger partial charge < -0.3 is 0 Å². The number of benzene rings is 3. The first kappa shape index (κ1) is 23.3.